The summed E-state index contributed by atoms with van der Waals surface area (Å²) in [7, 11) is 0. The van der Waals surface area contributed by atoms with Gasteiger partial charge < -0.3 is 0 Å². The van der Waals surface area contributed by atoms with Crippen molar-refractivity contribution in [1.29, 1.82) is 0 Å². The molecule has 0 radical (unpaired) electrons. The quantitative estimate of drug-likeness (QED) is 0.730. The second-order valence-electron chi connectivity index (χ2n) is 3.73. The van der Waals surface area contributed by atoms with Gasteiger partial charge in [0.05, 0.1) is 0 Å². The summed E-state index contributed by atoms with van der Waals surface area (Å²) in [4.78, 5) is 16.1. The van der Waals surface area contributed by atoms with Gasteiger partial charge in [0.2, 0.25) is 0 Å². The minimum atomic E-state index is -0.120. The van der Waals surface area contributed by atoms with Gasteiger partial charge in [0.25, 0.3) is 0 Å². The first-order valence-corrected chi connectivity index (χ1v) is 5.28. The zero-order valence-corrected chi connectivity index (χ0v) is 9.13. The fraction of sp³-hybridized carbons (Fsp3) is 0.143. The zero-order valence-electron chi connectivity index (χ0n) is 9.13. The molecule has 16 heavy (non-hydrogen) atoms. The molecule has 0 aliphatic carbocycles. The molecule has 2 heteroatoms. The summed E-state index contributed by atoms with van der Waals surface area (Å²) >= 11 is 0. The lowest BCUT2D eigenvalue weighted by molar-refractivity contribution is 0.0966. The topological polar surface area (TPSA) is 30.0 Å². The van der Waals surface area contributed by atoms with E-state index in [1.165, 1.54) is 0 Å². The summed E-state index contributed by atoms with van der Waals surface area (Å²) in [5.41, 5.74) is 1.76. The van der Waals surface area contributed by atoms with Crippen LogP contribution in [0.15, 0.2) is 54.9 Å². The second kappa shape index (κ2) is 4.71. The Morgan fingerprint density at radius 2 is 1.69 bits per heavy atom. The Balaban J connectivity index is 2.24. The molecular weight excluding hydrogens is 198 g/mol. The highest BCUT2D eigenvalue weighted by atomic mass is 16.1. The minimum Gasteiger partial charge on any atom is -0.294 e. The van der Waals surface area contributed by atoms with Crippen LogP contribution in [-0.2, 0) is 0 Å². The largest absolute Gasteiger partial charge is 0.294 e. The van der Waals surface area contributed by atoms with E-state index in [4.69, 9.17) is 0 Å². The molecule has 0 bridgehead atoms. The number of Topliss-reactive ketones (excluding diaryl/α,β-unsaturated/α-hetero) is 1. The van der Waals surface area contributed by atoms with Crippen molar-refractivity contribution >= 4 is 5.78 Å². The Hall–Kier alpha value is -1.96. The molecule has 2 aromatic rings. The second-order valence-corrected chi connectivity index (χ2v) is 3.73. The molecule has 1 unspecified atom stereocenters. The number of carbonyl (C=O) groups excluding carboxylic acids is 1. The van der Waals surface area contributed by atoms with Crippen LogP contribution in [0, 0.1) is 0 Å². The van der Waals surface area contributed by atoms with E-state index in [9.17, 15) is 4.79 Å². The lowest BCUT2D eigenvalue weighted by Gasteiger charge is -2.10. The van der Waals surface area contributed by atoms with E-state index >= 15 is 0 Å². The summed E-state index contributed by atoms with van der Waals surface area (Å²) in [6.07, 6.45) is 3.42. The van der Waals surface area contributed by atoms with Gasteiger partial charge in [0, 0.05) is 23.9 Å². The minimum absolute atomic E-state index is 0.120. The number of hydrogen-bond donors (Lipinski definition) is 0. The Morgan fingerprint density at radius 3 is 2.31 bits per heavy atom. The predicted molar refractivity (Wildman–Crippen MR) is 63.4 cm³/mol. The molecule has 1 atom stereocenters. The number of ketones is 1. The standard InChI is InChI=1S/C14H13NO/c1-11(12-7-9-15-10-8-12)14(16)13-5-3-2-4-6-13/h2-11H,1H3. The van der Waals surface area contributed by atoms with Crippen molar-refractivity contribution in [3.8, 4) is 0 Å². The van der Waals surface area contributed by atoms with Crippen LogP contribution in [0.1, 0.15) is 28.8 Å². The summed E-state index contributed by atoms with van der Waals surface area (Å²) in [5, 5.41) is 0. The Kier molecular flexibility index (Phi) is 3.10. The van der Waals surface area contributed by atoms with E-state index in [2.05, 4.69) is 4.98 Å². The van der Waals surface area contributed by atoms with Crippen molar-refractivity contribution in [2.24, 2.45) is 0 Å². The summed E-state index contributed by atoms with van der Waals surface area (Å²) in [5.74, 6) is 0.0252. The van der Waals surface area contributed by atoms with Gasteiger partial charge in [-0.2, -0.15) is 0 Å². The number of rotatable bonds is 3. The molecule has 1 aromatic carbocycles. The van der Waals surface area contributed by atoms with Gasteiger partial charge in [-0.1, -0.05) is 37.3 Å². The molecule has 0 spiro atoms. The fourth-order valence-electron chi connectivity index (χ4n) is 1.66. The molecule has 2 nitrogen and oxygen atoms in total. The van der Waals surface area contributed by atoms with E-state index in [1.807, 2.05) is 49.4 Å². The smallest absolute Gasteiger partial charge is 0.170 e. The predicted octanol–water partition coefficient (Wildman–Crippen LogP) is 3.07. The highest BCUT2D eigenvalue weighted by Gasteiger charge is 2.16. The molecule has 2 rings (SSSR count). The van der Waals surface area contributed by atoms with Crippen molar-refractivity contribution in [3.05, 3.63) is 66.0 Å². The van der Waals surface area contributed by atoms with Gasteiger partial charge in [-0.05, 0) is 17.7 Å². The van der Waals surface area contributed by atoms with Gasteiger partial charge in [-0.25, -0.2) is 0 Å². The van der Waals surface area contributed by atoms with Crippen LogP contribution >= 0.6 is 0 Å². The molecule has 0 aliphatic heterocycles. The first-order valence-electron chi connectivity index (χ1n) is 5.28. The number of aromatic nitrogens is 1. The van der Waals surface area contributed by atoms with E-state index in [1.54, 1.807) is 12.4 Å². The zero-order chi connectivity index (χ0) is 11.4. The van der Waals surface area contributed by atoms with Crippen molar-refractivity contribution in [2.75, 3.05) is 0 Å². The first-order chi connectivity index (χ1) is 7.79. The number of carbonyl (C=O) groups is 1. The third-order valence-corrected chi connectivity index (χ3v) is 2.66. The average Bonchev–Trinajstić information content (AvgIpc) is 2.39. The lowest BCUT2D eigenvalue weighted by Crippen LogP contribution is -2.09. The van der Waals surface area contributed by atoms with Crippen molar-refractivity contribution < 1.29 is 4.79 Å². The maximum absolute atomic E-state index is 12.1. The van der Waals surface area contributed by atoms with Crippen LogP contribution in [0.25, 0.3) is 0 Å². The van der Waals surface area contributed by atoms with Crippen LogP contribution in [0.2, 0.25) is 0 Å². The molecule has 1 aromatic heterocycles. The molecular formula is C14H13NO. The van der Waals surface area contributed by atoms with E-state index < -0.39 is 0 Å². The van der Waals surface area contributed by atoms with Gasteiger partial charge in [0.1, 0.15) is 0 Å². The SMILES string of the molecule is CC(C(=O)c1ccccc1)c1ccncc1. The summed E-state index contributed by atoms with van der Waals surface area (Å²) in [6, 6.07) is 13.1. The Bertz CT molecular complexity index is 465. The Morgan fingerprint density at radius 1 is 1.06 bits per heavy atom. The van der Waals surface area contributed by atoms with Crippen LogP contribution in [0.3, 0.4) is 0 Å². The molecule has 0 N–H and O–H groups in total. The molecule has 1 heterocycles. The number of nitrogens with zero attached hydrogens (tertiary/aromatic N) is 1. The van der Waals surface area contributed by atoms with Gasteiger partial charge >= 0.3 is 0 Å². The van der Waals surface area contributed by atoms with E-state index in [0.29, 0.717) is 0 Å². The van der Waals surface area contributed by atoms with Crippen LogP contribution in [-0.4, -0.2) is 10.8 Å². The number of pyridine rings is 1. The molecule has 80 valence electrons. The summed E-state index contributed by atoms with van der Waals surface area (Å²) < 4.78 is 0. The third-order valence-electron chi connectivity index (χ3n) is 2.66. The third kappa shape index (κ3) is 2.16. The van der Waals surface area contributed by atoms with Gasteiger partial charge in [0.15, 0.2) is 5.78 Å². The number of benzene rings is 1. The monoisotopic (exact) mass is 211 g/mol. The maximum atomic E-state index is 12.1. The van der Waals surface area contributed by atoms with Crippen molar-refractivity contribution in [3.63, 3.8) is 0 Å². The molecule has 0 aliphatic rings. The Labute approximate surface area is 95.0 Å². The molecule has 0 saturated heterocycles. The highest BCUT2D eigenvalue weighted by Crippen LogP contribution is 2.19. The molecule has 0 saturated carbocycles. The fourth-order valence-corrected chi connectivity index (χ4v) is 1.66. The van der Waals surface area contributed by atoms with E-state index in [0.717, 1.165) is 11.1 Å². The summed E-state index contributed by atoms with van der Waals surface area (Å²) in [6.45, 7) is 1.92. The van der Waals surface area contributed by atoms with Gasteiger partial charge in [-0.3, -0.25) is 9.78 Å². The van der Waals surface area contributed by atoms with Crippen LogP contribution in [0.5, 0.6) is 0 Å². The average molecular weight is 211 g/mol. The normalized spacial score (nSPS) is 12.1. The van der Waals surface area contributed by atoms with E-state index in [-0.39, 0.29) is 11.7 Å². The lowest BCUT2D eigenvalue weighted by atomic mass is 9.93. The molecule has 0 fully saturated rings. The van der Waals surface area contributed by atoms with Crippen LogP contribution < -0.4 is 0 Å². The van der Waals surface area contributed by atoms with Gasteiger partial charge in [-0.15, -0.1) is 0 Å². The van der Waals surface area contributed by atoms with Crippen molar-refractivity contribution in [1.82, 2.24) is 4.98 Å². The number of hydrogen-bond acceptors (Lipinski definition) is 2. The highest BCUT2D eigenvalue weighted by molar-refractivity contribution is 6.00. The van der Waals surface area contributed by atoms with Crippen LogP contribution in [0.4, 0.5) is 0 Å². The first kappa shape index (κ1) is 10.6. The van der Waals surface area contributed by atoms with Crippen molar-refractivity contribution in [2.45, 2.75) is 12.8 Å². The maximum Gasteiger partial charge on any atom is 0.170 e. The molecule has 0 amide bonds.